The van der Waals surface area contributed by atoms with E-state index in [1.807, 2.05) is 0 Å². The molecule has 0 aromatic carbocycles. The molecule has 0 spiro atoms. The first-order chi connectivity index (χ1) is 4.34. The van der Waals surface area contributed by atoms with Crippen LogP contribution in [0.1, 0.15) is 0 Å². The Hall–Kier alpha value is -1.57. The molecule has 0 radical (unpaired) electrons. The van der Waals surface area contributed by atoms with Gasteiger partial charge >= 0.3 is 0 Å². The zero-order chi connectivity index (χ0) is 6.69. The fourth-order valence-electron chi connectivity index (χ4n) is 0.411. The number of tetrazole rings is 1. The number of terminal acetylenes is 1. The molecule has 0 saturated carbocycles. The fraction of sp³-hybridized carbons (Fsp3) is 0.250. The second-order valence-corrected chi connectivity index (χ2v) is 1.40. The largest absolute Gasteiger partial charge is 0.367 e. The molecule has 9 heavy (non-hydrogen) atoms. The number of nitrogens with zero attached hydrogens (tertiary/aromatic N) is 4. The molecule has 1 aromatic rings. The summed E-state index contributed by atoms with van der Waals surface area (Å²) in [5.41, 5.74) is 5.26. The molecule has 0 aliphatic heterocycles. The maximum absolute atomic E-state index is 5.26. The summed E-state index contributed by atoms with van der Waals surface area (Å²) >= 11 is 0. The van der Waals surface area contributed by atoms with Gasteiger partial charge in [0.15, 0.2) is 0 Å². The third-order valence-corrected chi connectivity index (χ3v) is 0.801. The molecule has 0 aliphatic rings. The number of anilines is 1. The summed E-state index contributed by atoms with van der Waals surface area (Å²) in [6.07, 6.45) is 4.97. The van der Waals surface area contributed by atoms with Crippen molar-refractivity contribution in [3.8, 4) is 12.3 Å². The minimum atomic E-state index is 0.243. The second-order valence-electron chi connectivity index (χ2n) is 1.40. The molecular weight excluding hydrogens is 118 g/mol. The number of hydrogen-bond donors (Lipinski definition) is 1. The summed E-state index contributed by atoms with van der Waals surface area (Å²) < 4.78 is 1.33. The van der Waals surface area contributed by atoms with E-state index in [-0.39, 0.29) is 5.95 Å². The Morgan fingerprint density at radius 1 is 1.78 bits per heavy atom. The highest BCUT2D eigenvalue weighted by molar-refractivity contribution is 5.11. The van der Waals surface area contributed by atoms with Crippen molar-refractivity contribution in [2.24, 2.45) is 0 Å². The van der Waals surface area contributed by atoms with E-state index >= 15 is 0 Å². The molecule has 0 bridgehead atoms. The highest BCUT2D eigenvalue weighted by Gasteiger charge is 1.95. The van der Waals surface area contributed by atoms with E-state index in [0.29, 0.717) is 6.54 Å². The summed E-state index contributed by atoms with van der Waals surface area (Å²) in [5.74, 6) is 2.59. The molecule has 1 heterocycles. The third-order valence-electron chi connectivity index (χ3n) is 0.801. The minimum absolute atomic E-state index is 0.243. The number of nitrogens with two attached hydrogens (primary N) is 1. The first kappa shape index (κ1) is 5.56. The zero-order valence-corrected chi connectivity index (χ0v) is 4.65. The summed E-state index contributed by atoms with van der Waals surface area (Å²) in [6.45, 7) is 0.318. The molecule has 0 fully saturated rings. The topological polar surface area (TPSA) is 69.6 Å². The van der Waals surface area contributed by atoms with Gasteiger partial charge in [-0.05, 0) is 10.4 Å². The molecular formula is C4H5N5. The van der Waals surface area contributed by atoms with Gasteiger partial charge in [-0.3, -0.25) is 0 Å². The van der Waals surface area contributed by atoms with Crippen molar-refractivity contribution in [2.45, 2.75) is 6.54 Å². The van der Waals surface area contributed by atoms with E-state index in [4.69, 9.17) is 12.2 Å². The van der Waals surface area contributed by atoms with Gasteiger partial charge in [-0.2, -0.15) is 4.68 Å². The summed E-state index contributed by atoms with van der Waals surface area (Å²) in [4.78, 5) is 0. The summed E-state index contributed by atoms with van der Waals surface area (Å²) in [5, 5.41) is 10.2. The third kappa shape index (κ3) is 0.966. The van der Waals surface area contributed by atoms with Crippen molar-refractivity contribution in [1.82, 2.24) is 20.2 Å². The molecule has 5 heteroatoms. The van der Waals surface area contributed by atoms with Crippen molar-refractivity contribution in [3.05, 3.63) is 0 Å². The van der Waals surface area contributed by atoms with E-state index in [2.05, 4.69) is 21.4 Å². The van der Waals surface area contributed by atoms with Gasteiger partial charge in [0, 0.05) is 0 Å². The van der Waals surface area contributed by atoms with Gasteiger partial charge in [0.1, 0.15) is 6.54 Å². The van der Waals surface area contributed by atoms with Crippen molar-refractivity contribution < 1.29 is 0 Å². The van der Waals surface area contributed by atoms with Gasteiger partial charge < -0.3 is 5.73 Å². The molecule has 0 amide bonds. The SMILES string of the molecule is C#CCn1nnnc1N. The number of nitrogen functional groups attached to an aromatic ring is 1. The lowest BCUT2D eigenvalue weighted by molar-refractivity contribution is 0.677. The first-order valence-corrected chi connectivity index (χ1v) is 2.29. The van der Waals surface area contributed by atoms with Gasteiger partial charge in [-0.1, -0.05) is 11.0 Å². The smallest absolute Gasteiger partial charge is 0.241 e. The highest BCUT2D eigenvalue weighted by Crippen LogP contribution is 1.88. The lowest BCUT2D eigenvalue weighted by atomic mass is 10.7. The van der Waals surface area contributed by atoms with Crippen LogP contribution in [0.4, 0.5) is 5.95 Å². The number of rotatable bonds is 1. The van der Waals surface area contributed by atoms with Crippen LogP contribution in [-0.2, 0) is 6.54 Å². The van der Waals surface area contributed by atoms with Crippen molar-refractivity contribution in [1.29, 1.82) is 0 Å². The van der Waals surface area contributed by atoms with Crippen LogP contribution in [0, 0.1) is 12.3 Å². The van der Waals surface area contributed by atoms with Crippen LogP contribution in [0.5, 0.6) is 0 Å². The van der Waals surface area contributed by atoms with Gasteiger partial charge in [0.25, 0.3) is 0 Å². The van der Waals surface area contributed by atoms with E-state index in [1.165, 1.54) is 4.68 Å². The monoisotopic (exact) mass is 123 g/mol. The van der Waals surface area contributed by atoms with Gasteiger partial charge in [0.2, 0.25) is 5.95 Å². The van der Waals surface area contributed by atoms with Gasteiger partial charge in [0.05, 0.1) is 0 Å². The van der Waals surface area contributed by atoms with E-state index in [1.54, 1.807) is 0 Å². The molecule has 5 nitrogen and oxygen atoms in total. The molecule has 1 rings (SSSR count). The Morgan fingerprint density at radius 3 is 3.00 bits per heavy atom. The van der Waals surface area contributed by atoms with Crippen molar-refractivity contribution in [3.63, 3.8) is 0 Å². The van der Waals surface area contributed by atoms with Crippen LogP contribution < -0.4 is 5.73 Å². The van der Waals surface area contributed by atoms with Gasteiger partial charge in [-0.25, -0.2) is 0 Å². The zero-order valence-electron chi connectivity index (χ0n) is 4.65. The van der Waals surface area contributed by atoms with Crippen LogP contribution in [0.15, 0.2) is 0 Å². The molecule has 0 unspecified atom stereocenters. The van der Waals surface area contributed by atoms with E-state index < -0.39 is 0 Å². The first-order valence-electron chi connectivity index (χ1n) is 2.29. The molecule has 0 saturated heterocycles. The minimum Gasteiger partial charge on any atom is -0.367 e. The molecule has 0 aliphatic carbocycles. The quantitative estimate of drug-likeness (QED) is 0.480. The Kier molecular flexibility index (Phi) is 1.32. The van der Waals surface area contributed by atoms with Crippen LogP contribution in [0.2, 0.25) is 0 Å². The highest BCUT2D eigenvalue weighted by atomic mass is 15.6. The normalized spacial score (nSPS) is 8.78. The lowest BCUT2D eigenvalue weighted by Gasteiger charge is -1.89. The Balaban J connectivity index is 2.84. The second kappa shape index (κ2) is 2.13. The maximum Gasteiger partial charge on any atom is 0.241 e. The Labute approximate surface area is 51.8 Å². The van der Waals surface area contributed by atoms with Crippen LogP contribution in [0.3, 0.4) is 0 Å². The van der Waals surface area contributed by atoms with Gasteiger partial charge in [-0.15, -0.1) is 6.42 Å². The molecule has 46 valence electrons. The van der Waals surface area contributed by atoms with Crippen molar-refractivity contribution in [2.75, 3.05) is 5.73 Å². The van der Waals surface area contributed by atoms with E-state index in [0.717, 1.165) is 0 Å². The van der Waals surface area contributed by atoms with Crippen LogP contribution >= 0.6 is 0 Å². The average molecular weight is 123 g/mol. The molecule has 1 aromatic heterocycles. The Morgan fingerprint density at radius 2 is 2.56 bits per heavy atom. The summed E-state index contributed by atoms with van der Waals surface area (Å²) in [6, 6.07) is 0. The summed E-state index contributed by atoms with van der Waals surface area (Å²) in [7, 11) is 0. The predicted octanol–water partition coefficient (Wildman–Crippen LogP) is -1.11. The lowest BCUT2D eigenvalue weighted by Crippen LogP contribution is -2.03. The average Bonchev–Trinajstić information content (AvgIpc) is 2.18. The molecule has 0 atom stereocenters. The Bertz CT molecular complexity index is 231. The van der Waals surface area contributed by atoms with E-state index in [9.17, 15) is 0 Å². The number of aromatic nitrogens is 4. The fourth-order valence-corrected chi connectivity index (χ4v) is 0.411. The maximum atomic E-state index is 5.26. The van der Waals surface area contributed by atoms with Crippen molar-refractivity contribution >= 4 is 5.95 Å². The predicted molar refractivity (Wildman–Crippen MR) is 31.1 cm³/mol. The standard InChI is InChI=1S/C4H5N5/c1-2-3-9-4(5)6-7-8-9/h1H,3H2,(H2,5,6,8). The van der Waals surface area contributed by atoms with Crippen LogP contribution in [-0.4, -0.2) is 20.2 Å². The van der Waals surface area contributed by atoms with Crippen LogP contribution in [0.25, 0.3) is 0 Å². The number of hydrogen-bond acceptors (Lipinski definition) is 4. The molecule has 2 N–H and O–H groups in total.